The van der Waals surface area contributed by atoms with Gasteiger partial charge < -0.3 is 14.5 Å². The minimum absolute atomic E-state index is 0.0289. The molecule has 0 atom stereocenters. The smallest absolute Gasteiger partial charge is 0.419 e. The molecule has 0 saturated carbocycles. The van der Waals surface area contributed by atoms with Crippen LogP contribution in [0.2, 0.25) is 0 Å². The molecule has 7 nitrogen and oxygen atoms in total. The number of oxazole rings is 1. The van der Waals surface area contributed by atoms with Crippen LogP contribution in [-0.4, -0.2) is 29.6 Å². The number of aryl methyl sites for hydroxylation is 1. The second kappa shape index (κ2) is 9.91. The lowest BCUT2D eigenvalue weighted by molar-refractivity contribution is -0.148. The summed E-state index contributed by atoms with van der Waals surface area (Å²) < 4.78 is 11.5. The van der Waals surface area contributed by atoms with E-state index in [1.165, 1.54) is 10.1 Å². The van der Waals surface area contributed by atoms with Crippen molar-refractivity contribution in [2.45, 2.75) is 39.2 Å². The minimum Gasteiger partial charge on any atom is -0.456 e. The fourth-order valence-corrected chi connectivity index (χ4v) is 3.11. The Labute approximate surface area is 174 Å². The van der Waals surface area contributed by atoms with Crippen molar-refractivity contribution in [1.82, 2.24) is 9.88 Å². The number of hydrogen-bond donors (Lipinski definition) is 1. The lowest BCUT2D eigenvalue weighted by Crippen LogP contribution is -2.30. The first-order valence-electron chi connectivity index (χ1n) is 10.0. The first kappa shape index (κ1) is 21.4. The summed E-state index contributed by atoms with van der Waals surface area (Å²) in [7, 11) is 0. The van der Waals surface area contributed by atoms with Gasteiger partial charge in [-0.2, -0.15) is 0 Å². The third kappa shape index (κ3) is 5.59. The van der Waals surface area contributed by atoms with Crippen LogP contribution in [-0.2, 0) is 27.3 Å². The van der Waals surface area contributed by atoms with Crippen molar-refractivity contribution in [2.24, 2.45) is 0 Å². The fraction of sp³-hybridized carbons (Fsp3) is 0.348. The zero-order chi connectivity index (χ0) is 21.5. The number of esters is 1. The van der Waals surface area contributed by atoms with Gasteiger partial charge in [0.1, 0.15) is 0 Å². The third-order valence-corrected chi connectivity index (χ3v) is 4.86. The van der Waals surface area contributed by atoms with E-state index in [0.717, 1.165) is 5.56 Å². The summed E-state index contributed by atoms with van der Waals surface area (Å²) in [5.41, 5.74) is 3.50. The van der Waals surface area contributed by atoms with Crippen LogP contribution in [0, 0.1) is 0 Å². The van der Waals surface area contributed by atoms with Crippen LogP contribution in [0.1, 0.15) is 37.3 Å². The molecule has 0 aliphatic heterocycles. The number of nitrogens with one attached hydrogen (secondary N) is 1. The lowest BCUT2D eigenvalue weighted by Gasteiger charge is -2.08. The monoisotopic (exact) mass is 410 g/mol. The number of amides is 1. The van der Waals surface area contributed by atoms with Gasteiger partial charge in [0.15, 0.2) is 12.2 Å². The first-order chi connectivity index (χ1) is 14.4. The van der Waals surface area contributed by atoms with E-state index >= 15 is 0 Å². The van der Waals surface area contributed by atoms with Gasteiger partial charge in [0.05, 0.1) is 11.9 Å². The van der Waals surface area contributed by atoms with E-state index < -0.39 is 11.7 Å². The highest BCUT2D eigenvalue weighted by Gasteiger charge is 2.12. The summed E-state index contributed by atoms with van der Waals surface area (Å²) in [5, 5.41) is 2.74. The molecule has 158 valence electrons. The Balaban J connectivity index is 1.37. The molecular weight excluding hydrogens is 384 g/mol. The molecule has 0 spiro atoms. The molecule has 30 heavy (non-hydrogen) atoms. The second-order valence-corrected chi connectivity index (χ2v) is 7.39. The highest BCUT2D eigenvalue weighted by molar-refractivity contribution is 5.80. The van der Waals surface area contributed by atoms with E-state index in [4.69, 9.17) is 9.15 Å². The third-order valence-electron chi connectivity index (χ3n) is 4.86. The molecule has 1 aromatic heterocycles. The molecule has 1 heterocycles. The van der Waals surface area contributed by atoms with Gasteiger partial charge in [0.25, 0.3) is 5.91 Å². The highest BCUT2D eigenvalue weighted by atomic mass is 16.5. The van der Waals surface area contributed by atoms with Crippen LogP contribution in [0.4, 0.5) is 0 Å². The van der Waals surface area contributed by atoms with Gasteiger partial charge in [-0.3, -0.25) is 14.2 Å². The number of carbonyl (C=O) groups is 2. The second-order valence-electron chi connectivity index (χ2n) is 7.39. The maximum atomic E-state index is 11.9. The standard InChI is InChI=1S/C23H26N2O5/c1-16(2)18-9-7-17(8-10-18)11-13-24-21(26)15-29-22(27)12-14-25-19-5-3-4-6-20(19)30-23(25)28/h3-10,16H,11-15H2,1-2H3,(H,24,26). The van der Waals surface area contributed by atoms with Crippen molar-refractivity contribution in [3.05, 3.63) is 70.2 Å². The number of fused-ring (bicyclic) bond motifs is 1. The van der Waals surface area contributed by atoms with E-state index in [0.29, 0.717) is 30.0 Å². The molecule has 2 aromatic carbocycles. The molecule has 3 rings (SSSR count). The summed E-state index contributed by atoms with van der Waals surface area (Å²) in [6.07, 6.45) is 0.674. The SMILES string of the molecule is CC(C)c1ccc(CCNC(=O)COC(=O)CCn2c(=O)oc3ccccc32)cc1. The van der Waals surface area contributed by atoms with Crippen molar-refractivity contribution in [1.29, 1.82) is 0 Å². The van der Waals surface area contributed by atoms with Crippen LogP contribution in [0.3, 0.4) is 0 Å². The molecule has 0 unspecified atom stereocenters. The Hall–Kier alpha value is -3.35. The van der Waals surface area contributed by atoms with E-state index in [-0.39, 0.29) is 25.5 Å². The first-order valence-corrected chi connectivity index (χ1v) is 10.0. The van der Waals surface area contributed by atoms with Gasteiger partial charge >= 0.3 is 11.7 Å². The molecule has 7 heteroatoms. The number of para-hydroxylation sites is 2. The van der Waals surface area contributed by atoms with Crippen molar-refractivity contribution in [3.8, 4) is 0 Å². The molecule has 0 bridgehead atoms. The van der Waals surface area contributed by atoms with Gasteiger partial charge in [-0.25, -0.2) is 4.79 Å². The number of rotatable bonds is 9. The largest absolute Gasteiger partial charge is 0.456 e. The predicted molar refractivity (Wildman–Crippen MR) is 113 cm³/mol. The van der Waals surface area contributed by atoms with Crippen molar-refractivity contribution < 1.29 is 18.7 Å². The topological polar surface area (TPSA) is 90.5 Å². The number of hydrogen-bond acceptors (Lipinski definition) is 5. The number of nitrogens with zero attached hydrogens (tertiary/aromatic N) is 1. The Kier molecular flexibility index (Phi) is 7.06. The highest BCUT2D eigenvalue weighted by Crippen LogP contribution is 2.15. The Morgan fingerprint density at radius 2 is 1.83 bits per heavy atom. The number of benzene rings is 2. The Morgan fingerprint density at radius 3 is 2.57 bits per heavy atom. The summed E-state index contributed by atoms with van der Waals surface area (Å²) in [4.78, 5) is 35.7. The van der Waals surface area contributed by atoms with Gasteiger partial charge in [-0.05, 0) is 35.6 Å². The Bertz CT molecular complexity index is 1060. The number of ether oxygens (including phenoxy) is 1. The average Bonchev–Trinajstić information content (AvgIpc) is 3.06. The van der Waals surface area contributed by atoms with Crippen LogP contribution in [0.15, 0.2) is 57.7 Å². The van der Waals surface area contributed by atoms with Crippen LogP contribution < -0.4 is 11.1 Å². The average molecular weight is 410 g/mol. The number of carbonyl (C=O) groups excluding carboxylic acids is 2. The summed E-state index contributed by atoms with van der Waals surface area (Å²) in [5.74, 6) is -0.942. The zero-order valence-electron chi connectivity index (χ0n) is 17.2. The maximum Gasteiger partial charge on any atom is 0.419 e. The molecule has 0 aliphatic rings. The number of aromatic nitrogens is 1. The quantitative estimate of drug-likeness (QED) is 0.548. The van der Waals surface area contributed by atoms with Gasteiger partial charge in [-0.15, -0.1) is 0 Å². The minimum atomic E-state index is -0.549. The van der Waals surface area contributed by atoms with Crippen LogP contribution >= 0.6 is 0 Å². The molecule has 0 radical (unpaired) electrons. The molecular formula is C23H26N2O5. The molecule has 0 fully saturated rings. The lowest BCUT2D eigenvalue weighted by atomic mass is 10.0. The van der Waals surface area contributed by atoms with Crippen LogP contribution in [0.5, 0.6) is 0 Å². The summed E-state index contributed by atoms with van der Waals surface area (Å²) in [6.45, 7) is 4.54. The van der Waals surface area contributed by atoms with Crippen LogP contribution in [0.25, 0.3) is 11.1 Å². The van der Waals surface area contributed by atoms with Gasteiger partial charge in [0, 0.05) is 13.1 Å². The molecule has 3 aromatic rings. The Morgan fingerprint density at radius 1 is 1.10 bits per heavy atom. The van der Waals surface area contributed by atoms with E-state index in [2.05, 4.69) is 43.4 Å². The van der Waals surface area contributed by atoms with E-state index in [1.54, 1.807) is 24.3 Å². The maximum absolute atomic E-state index is 11.9. The normalized spacial score (nSPS) is 11.0. The summed E-state index contributed by atoms with van der Waals surface area (Å²) in [6, 6.07) is 15.3. The van der Waals surface area contributed by atoms with E-state index in [1.807, 2.05) is 0 Å². The van der Waals surface area contributed by atoms with Gasteiger partial charge in [-0.1, -0.05) is 50.2 Å². The summed E-state index contributed by atoms with van der Waals surface area (Å²) >= 11 is 0. The van der Waals surface area contributed by atoms with Crippen molar-refractivity contribution in [3.63, 3.8) is 0 Å². The predicted octanol–water partition coefficient (Wildman–Crippen LogP) is 3.01. The fourth-order valence-electron chi connectivity index (χ4n) is 3.11. The molecule has 0 saturated heterocycles. The van der Waals surface area contributed by atoms with Gasteiger partial charge in [0.2, 0.25) is 0 Å². The zero-order valence-corrected chi connectivity index (χ0v) is 17.2. The van der Waals surface area contributed by atoms with E-state index in [9.17, 15) is 14.4 Å². The van der Waals surface area contributed by atoms with Crippen molar-refractivity contribution >= 4 is 23.0 Å². The molecule has 1 amide bonds. The van der Waals surface area contributed by atoms with Crippen molar-refractivity contribution in [2.75, 3.05) is 13.2 Å². The molecule has 0 aliphatic carbocycles. The molecule has 1 N–H and O–H groups in total.